The summed E-state index contributed by atoms with van der Waals surface area (Å²) in [5.41, 5.74) is 5.72. The Labute approximate surface area is 110 Å². The maximum absolute atomic E-state index is 5.77. The number of aryl methyl sites for hydroxylation is 1. The van der Waals surface area contributed by atoms with Gasteiger partial charge in [-0.25, -0.2) is 0 Å². The first kappa shape index (κ1) is 13.5. The summed E-state index contributed by atoms with van der Waals surface area (Å²) in [5, 5.41) is 0. The zero-order valence-corrected chi connectivity index (χ0v) is 11.2. The highest BCUT2D eigenvalue weighted by atomic mass is 16.5. The van der Waals surface area contributed by atoms with Gasteiger partial charge in [0, 0.05) is 19.3 Å². The summed E-state index contributed by atoms with van der Waals surface area (Å²) in [4.78, 5) is 0. The van der Waals surface area contributed by atoms with E-state index in [1.807, 2.05) is 0 Å². The third kappa shape index (κ3) is 3.31. The molecule has 1 aliphatic rings. The van der Waals surface area contributed by atoms with Crippen molar-refractivity contribution in [2.45, 2.75) is 38.6 Å². The molecule has 3 heteroatoms. The van der Waals surface area contributed by atoms with Crippen molar-refractivity contribution in [3.63, 3.8) is 0 Å². The number of hydrogen-bond acceptors (Lipinski definition) is 3. The van der Waals surface area contributed by atoms with Crippen LogP contribution in [0.15, 0.2) is 24.3 Å². The van der Waals surface area contributed by atoms with Crippen LogP contribution in [-0.2, 0) is 11.2 Å². The van der Waals surface area contributed by atoms with E-state index in [-0.39, 0.29) is 6.04 Å². The average Bonchev–Trinajstić information content (AvgIpc) is 2.42. The van der Waals surface area contributed by atoms with Gasteiger partial charge < -0.3 is 4.74 Å². The highest BCUT2D eigenvalue weighted by molar-refractivity contribution is 5.26. The van der Waals surface area contributed by atoms with Crippen LogP contribution in [0.4, 0.5) is 0 Å². The first-order valence-electron chi connectivity index (χ1n) is 6.98. The molecule has 0 amide bonds. The quantitative estimate of drug-likeness (QED) is 0.622. The van der Waals surface area contributed by atoms with Gasteiger partial charge in [-0.05, 0) is 36.3 Å². The number of benzene rings is 1. The third-order valence-corrected chi connectivity index (χ3v) is 3.77. The second-order valence-corrected chi connectivity index (χ2v) is 5.09. The van der Waals surface area contributed by atoms with E-state index in [2.05, 4.69) is 36.6 Å². The summed E-state index contributed by atoms with van der Waals surface area (Å²) in [5.74, 6) is 6.35. The number of rotatable bonds is 5. The predicted molar refractivity (Wildman–Crippen MR) is 74.0 cm³/mol. The van der Waals surface area contributed by atoms with Crippen LogP contribution >= 0.6 is 0 Å². The monoisotopic (exact) mass is 248 g/mol. The number of hydrazine groups is 1. The molecule has 3 nitrogen and oxygen atoms in total. The van der Waals surface area contributed by atoms with Gasteiger partial charge in [-0.2, -0.15) is 0 Å². The lowest BCUT2D eigenvalue weighted by Gasteiger charge is -2.30. The van der Waals surface area contributed by atoms with Gasteiger partial charge in [-0.15, -0.1) is 0 Å². The number of hydrogen-bond donors (Lipinski definition) is 2. The lowest BCUT2D eigenvalue weighted by Crippen LogP contribution is -2.36. The molecule has 100 valence electrons. The second kappa shape index (κ2) is 6.88. The van der Waals surface area contributed by atoms with E-state index in [0.29, 0.717) is 5.92 Å². The van der Waals surface area contributed by atoms with Crippen LogP contribution in [0, 0.1) is 5.92 Å². The van der Waals surface area contributed by atoms with Crippen molar-refractivity contribution in [2.24, 2.45) is 11.8 Å². The van der Waals surface area contributed by atoms with E-state index >= 15 is 0 Å². The fourth-order valence-corrected chi connectivity index (χ4v) is 2.78. The van der Waals surface area contributed by atoms with Crippen LogP contribution in [0.25, 0.3) is 0 Å². The molecule has 1 atom stereocenters. The Hall–Kier alpha value is -0.900. The standard InChI is InChI=1S/C15H24N2O/c1-2-4-12-5-3-6-14(11-12)15(17-16)13-7-9-18-10-8-13/h3,5-6,11,13,15,17H,2,4,7-10,16H2,1H3. The van der Waals surface area contributed by atoms with Gasteiger partial charge in [-0.3, -0.25) is 11.3 Å². The molecule has 1 unspecified atom stereocenters. The summed E-state index contributed by atoms with van der Waals surface area (Å²) >= 11 is 0. The molecule has 1 aliphatic heterocycles. The molecule has 18 heavy (non-hydrogen) atoms. The molecule has 3 N–H and O–H groups in total. The second-order valence-electron chi connectivity index (χ2n) is 5.09. The lowest BCUT2D eigenvalue weighted by molar-refractivity contribution is 0.0536. The van der Waals surface area contributed by atoms with Gasteiger partial charge in [0.1, 0.15) is 0 Å². The molecule has 2 rings (SSSR count). The number of nitrogens with two attached hydrogens (primary N) is 1. The minimum Gasteiger partial charge on any atom is -0.381 e. The number of ether oxygens (including phenoxy) is 1. The Morgan fingerprint density at radius 3 is 2.83 bits per heavy atom. The minimum atomic E-state index is 0.255. The van der Waals surface area contributed by atoms with E-state index in [9.17, 15) is 0 Å². The van der Waals surface area contributed by atoms with Gasteiger partial charge in [-0.1, -0.05) is 37.6 Å². The highest BCUT2D eigenvalue weighted by Crippen LogP contribution is 2.29. The summed E-state index contributed by atoms with van der Waals surface area (Å²) in [6.07, 6.45) is 4.50. The summed E-state index contributed by atoms with van der Waals surface area (Å²) in [6, 6.07) is 9.07. The van der Waals surface area contributed by atoms with Crippen molar-refractivity contribution < 1.29 is 4.74 Å². The molecule has 0 saturated carbocycles. The molecule has 1 fully saturated rings. The number of nitrogens with one attached hydrogen (secondary N) is 1. The van der Waals surface area contributed by atoms with Crippen molar-refractivity contribution in [2.75, 3.05) is 13.2 Å². The van der Waals surface area contributed by atoms with Crippen molar-refractivity contribution in [3.8, 4) is 0 Å². The maximum atomic E-state index is 5.77. The zero-order valence-electron chi connectivity index (χ0n) is 11.2. The Kier molecular flexibility index (Phi) is 5.17. The first-order chi connectivity index (χ1) is 8.85. The van der Waals surface area contributed by atoms with Gasteiger partial charge in [0.15, 0.2) is 0 Å². The van der Waals surface area contributed by atoms with Crippen LogP contribution in [0.2, 0.25) is 0 Å². The first-order valence-corrected chi connectivity index (χ1v) is 6.98. The smallest absolute Gasteiger partial charge is 0.0489 e. The van der Waals surface area contributed by atoms with Crippen LogP contribution in [0.3, 0.4) is 0 Å². The fourth-order valence-electron chi connectivity index (χ4n) is 2.78. The van der Waals surface area contributed by atoms with Gasteiger partial charge in [0.25, 0.3) is 0 Å². The van der Waals surface area contributed by atoms with Crippen molar-refractivity contribution in [1.29, 1.82) is 0 Å². The van der Waals surface area contributed by atoms with E-state index in [4.69, 9.17) is 10.6 Å². The van der Waals surface area contributed by atoms with Crippen LogP contribution in [0.1, 0.15) is 43.4 Å². The Morgan fingerprint density at radius 1 is 1.39 bits per heavy atom. The van der Waals surface area contributed by atoms with E-state index in [1.165, 1.54) is 17.5 Å². The van der Waals surface area contributed by atoms with E-state index in [1.54, 1.807) is 0 Å². The molecular weight excluding hydrogens is 224 g/mol. The molecule has 0 aliphatic carbocycles. The molecule has 0 spiro atoms. The Bertz CT molecular complexity index is 361. The van der Waals surface area contributed by atoms with Gasteiger partial charge in [0.2, 0.25) is 0 Å². The molecule has 1 aromatic rings. The topological polar surface area (TPSA) is 47.3 Å². The fraction of sp³-hybridized carbons (Fsp3) is 0.600. The molecule has 0 radical (unpaired) electrons. The molecular formula is C15H24N2O. The normalized spacial score (nSPS) is 18.8. The zero-order chi connectivity index (χ0) is 12.8. The summed E-state index contributed by atoms with van der Waals surface area (Å²) in [7, 11) is 0. The van der Waals surface area contributed by atoms with Crippen molar-refractivity contribution in [3.05, 3.63) is 35.4 Å². The summed E-state index contributed by atoms with van der Waals surface area (Å²) in [6.45, 7) is 3.93. The van der Waals surface area contributed by atoms with Gasteiger partial charge in [0.05, 0.1) is 0 Å². The average molecular weight is 248 g/mol. The van der Waals surface area contributed by atoms with Crippen LogP contribution in [-0.4, -0.2) is 13.2 Å². The van der Waals surface area contributed by atoms with E-state index in [0.717, 1.165) is 32.5 Å². The largest absolute Gasteiger partial charge is 0.381 e. The van der Waals surface area contributed by atoms with Crippen molar-refractivity contribution in [1.82, 2.24) is 5.43 Å². The highest BCUT2D eigenvalue weighted by Gasteiger charge is 2.24. The SMILES string of the molecule is CCCc1cccc(C(NN)C2CCOCC2)c1. The molecule has 1 saturated heterocycles. The summed E-state index contributed by atoms with van der Waals surface area (Å²) < 4.78 is 5.42. The van der Waals surface area contributed by atoms with Crippen molar-refractivity contribution >= 4 is 0 Å². The molecule has 1 aromatic carbocycles. The maximum Gasteiger partial charge on any atom is 0.0489 e. The van der Waals surface area contributed by atoms with Crippen LogP contribution in [0.5, 0.6) is 0 Å². The molecule has 0 aromatic heterocycles. The third-order valence-electron chi connectivity index (χ3n) is 3.77. The molecule has 1 heterocycles. The van der Waals surface area contributed by atoms with Crippen LogP contribution < -0.4 is 11.3 Å². The lowest BCUT2D eigenvalue weighted by atomic mass is 9.87. The minimum absolute atomic E-state index is 0.255. The Balaban J connectivity index is 2.12. The predicted octanol–water partition coefficient (Wildman–Crippen LogP) is 2.57. The van der Waals surface area contributed by atoms with Gasteiger partial charge >= 0.3 is 0 Å². The van der Waals surface area contributed by atoms with E-state index < -0.39 is 0 Å². The Morgan fingerprint density at radius 2 is 2.17 bits per heavy atom. The molecule has 0 bridgehead atoms.